The molecule has 1 aliphatic heterocycles. The molecule has 0 bridgehead atoms. The maximum atomic E-state index is 12.7. The number of aryl methyl sites for hydroxylation is 2. The SMILES string of the molecule is CCc1ccccc1S(=O)(=O)NCc1nc(C(=O)N2CCC(C)CC2)c(C)o1. The lowest BCUT2D eigenvalue weighted by Gasteiger charge is -2.29. The number of rotatable bonds is 6. The van der Waals surface area contributed by atoms with E-state index in [4.69, 9.17) is 4.42 Å². The molecule has 0 saturated carbocycles. The van der Waals surface area contributed by atoms with E-state index in [0.29, 0.717) is 31.2 Å². The lowest BCUT2D eigenvalue weighted by Crippen LogP contribution is -2.38. The summed E-state index contributed by atoms with van der Waals surface area (Å²) in [5, 5.41) is 0. The second kappa shape index (κ2) is 8.45. The van der Waals surface area contributed by atoms with Crippen molar-refractivity contribution in [3.8, 4) is 0 Å². The molecule has 8 heteroatoms. The van der Waals surface area contributed by atoms with Crippen LogP contribution in [0.25, 0.3) is 0 Å². The number of nitrogens with zero attached hydrogens (tertiary/aromatic N) is 2. The van der Waals surface area contributed by atoms with Gasteiger partial charge in [-0.15, -0.1) is 0 Å². The maximum Gasteiger partial charge on any atom is 0.276 e. The number of nitrogens with one attached hydrogen (secondary N) is 1. The summed E-state index contributed by atoms with van der Waals surface area (Å²) in [5.74, 6) is 1.06. The molecule has 3 rings (SSSR count). The summed E-state index contributed by atoms with van der Waals surface area (Å²) < 4.78 is 33.3. The third-order valence-electron chi connectivity index (χ3n) is 5.17. The number of likely N-dealkylation sites (tertiary alicyclic amines) is 1. The molecule has 1 saturated heterocycles. The molecule has 0 radical (unpaired) electrons. The van der Waals surface area contributed by atoms with Crippen molar-refractivity contribution in [1.82, 2.24) is 14.6 Å². The van der Waals surface area contributed by atoms with E-state index in [1.165, 1.54) is 0 Å². The van der Waals surface area contributed by atoms with Crippen LogP contribution in [0.15, 0.2) is 33.6 Å². The second-order valence-electron chi connectivity index (χ2n) is 7.27. The van der Waals surface area contributed by atoms with Gasteiger partial charge in [-0.05, 0) is 43.7 Å². The van der Waals surface area contributed by atoms with Crippen LogP contribution in [-0.4, -0.2) is 37.3 Å². The quantitative estimate of drug-likeness (QED) is 0.798. The third-order valence-corrected chi connectivity index (χ3v) is 6.67. The topological polar surface area (TPSA) is 92.5 Å². The molecular formula is C20H27N3O4S. The minimum absolute atomic E-state index is 0.106. The van der Waals surface area contributed by atoms with Crippen molar-refractivity contribution < 1.29 is 17.6 Å². The molecule has 2 aromatic rings. The zero-order chi connectivity index (χ0) is 20.3. The Morgan fingerprint density at radius 1 is 1.29 bits per heavy atom. The Labute approximate surface area is 166 Å². The van der Waals surface area contributed by atoms with Crippen molar-refractivity contribution in [3.05, 3.63) is 47.2 Å². The standard InChI is InChI=1S/C20H27N3O4S/c1-4-16-7-5-6-8-17(16)28(25,26)21-13-18-22-19(15(3)27-18)20(24)23-11-9-14(2)10-12-23/h5-8,14,21H,4,9-13H2,1-3H3. The largest absolute Gasteiger partial charge is 0.444 e. The van der Waals surface area contributed by atoms with E-state index >= 15 is 0 Å². The van der Waals surface area contributed by atoms with E-state index < -0.39 is 10.0 Å². The zero-order valence-electron chi connectivity index (χ0n) is 16.6. The Kier molecular flexibility index (Phi) is 6.20. The predicted molar refractivity (Wildman–Crippen MR) is 105 cm³/mol. The van der Waals surface area contributed by atoms with Gasteiger partial charge < -0.3 is 9.32 Å². The van der Waals surface area contributed by atoms with Gasteiger partial charge in [0.2, 0.25) is 15.9 Å². The van der Waals surface area contributed by atoms with Gasteiger partial charge in [-0.3, -0.25) is 4.79 Å². The number of aromatic nitrogens is 1. The second-order valence-corrected chi connectivity index (χ2v) is 9.01. The summed E-state index contributed by atoms with van der Waals surface area (Å²) in [4.78, 5) is 19.0. The first-order chi connectivity index (χ1) is 13.3. The highest BCUT2D eigenvalue weighted by Crippen LogP contribution is 2.20. The smallest absolute Gasteiger partial charge is 0.276 e. The number of hydrogen-bond acceptors (Lipinski definition) is 5. The Hall–Kier alpha value is -2.19. The minimum Gasteiger partial charge on any atom is -0.444 e. The first-order valence-corrected chi connectivity index (χ1v) is 11.1. The number of sulfonamides is 1. The average Bonchev–Trinajstić information content (AvgIpc) is 3.07. The first-order valence-electron chi connectivity index (χ1n) is 9.65. The highest BCUT2D eigenvalue weighted by molar-refractivity contribution is 7.89. The summed E-state index contributed by atoms with van der Waals surface area (Å²) in [5.41, 5.74) is 1.01. The third kappa shape index (κ3) is 4.44. The molecule has 0 spiro atoms. The van der Waals surface area contributed by atoms with Crippen LogP contribution in [-0.2, 0) is 23.0 Å². The van der Waals surface area contributed by atoms with Gasteiger partial charge in [-0.2, -0.15) is 0 Å². The molecule has 1 aliphatic rings. The molecule has 7 nitrogen and oxygen atoms in total. The van der Waals surface area contributed by atoms with Crippen LogP contribution in [0.1, 0.15) is 54.4 Å². The lowest BCUT2D eigenvalue weighted by atomic mass is 9.99. The van der Waals surface area contributed by atoms with Gasteiger partial charge in [-0.25, -0.2) is 18.1 Å². The number of carbonyl (C=O) groups is 1. The van der Waals surface area contributed by atoms with E-state index in [9.17, 15) is 13.2 Å². The minimum atomic E-state index is -3.70. The van der Waals surface area contributed by atoms with Crippen molar-refractivity contribution in [2.75, 3.05) is 13.1 Å². The normalized spacial score (nSPS) is 15.8. The van der Waals surface area contributed by atoms with Crippen LogP contribution in [0.3, 0.4) is 0 Å². The molecule has 1 N–H and O–H groups in total. The van der Waals surface area contributed by atoms with Gasteiger partial charge in [0.05, 0.1) is 11.4 Å². The number of hydrogen-bond donors (Lipinski definition) is 1. The molecule has 152 valence electrons. The Morgan fingerprint density at radius 2 is 1.96 bits per heavy atom. The summed E-state index contributed by atoms with van der Waals surface area (Å²) in [6.07, 6.45) is 2.57. The molecular weight excluding hydrogens is 378 g/mol. The molecule has 1 amide bonds. The molecule has 0 atom stereocenters. The Balaban J connectivity index is 1.71. The van der Waals surface area contributed by atoms with Crippen LogP contribution in [0.5, 0.6) is 0 Å². The number of benzene rings is 1. The van der Waals surface area contributed by atoms with Crippen LogP contribution in [0.2, 0.25) is 0 Å². The maximum absolute atomic E-state index is 12.7. The van der Waals surface area contributed by atoms with Crippen molar-refractivity contribution in [2.45, 2.75) is 51.5 Å². The fourth-order valence-electron chi connectivity index (χ4n) is 3.38. The molecule has 2 heterocycles. The first kappa shape index (κ1) is 20.5. The van der Waals surface area contributed by atoms with Crippen LogP contribution < -0.4 is 4.72 Å². The molecule has 0 aliphatic carbocycles. The molecule has 1 aromatic carbocycles. The van der Waals surface area contributed by atoms with E-state index in [2.05, 4.69) is 16.6 Å². The van der Waals surface area contributed by atoms with Crippen LogP contribution >= 0.6 is 0 Å². The van der Waals surface area contributed by atoms with Gasteiger partial charge in [0.1, 0.15) is 5.76 Å². The van der Waals surface area contributed by atoms with Gasteiger partial charge >= 0.3 is 0 Å². The highest BCUT2D eigenvalue weighted by atomic mass is 32.2. The zero-order valence-corrected chi connectivity index (χ0v) is 17.4. The lowest BCUT2D eigenvalue weighted by molar-refractivity contribution is 0.0690. The van der Waals surface area contributed by atoms with Crippen molar-refractivity contribution in [3.63, 3.8) is 0 Å². The van der Waals surface area contributed by atoms with Gasteiger partial charge in [0, 0.05) is 13.1 Å². The molecule has 28 heavy (non-hydrogen) atoms. The van der Waals surface area contributed by atoms with Gasteiger partial charge in [0.25, 0.3) is 5.91 Å². The van der Waals surface area contributed by atoms with Crippen molar-refractivity contribution in [1.29, 1.82) is 0 Å². The highest BCUT2D eigenvalue weighted by Gasteiger charge is 2.26. The number of oxazole rings is 1. The molecule has 1 aromatic heterocycles. The fraction of sp³-hybridized carbons (Fsp3) is 0.500. The number of amides is 1. The Bertz CT molecular complexity index is 944. The van der Waals surface area contributed by atoms with E-state index in [-0.39, 0.29) is 28.9 Å². The average molecular weight is 406 g/mol. The van der Waals surface area contributed by atoms with Gasteiger partial charge in [0.15, 0.2) is 5.69 Å². The molecule has 0 unspecified atom stereocenters. The van der Waals surface area contributed by atoms with E-state index in [1.807, 2.05) is 13.0 Å². The molecule has 1 fully saturated rings. The van der Waals surface area contributed by atoms with Gasteiger partial charge in [-0.1, -0.05) is 32.0 Å². The summed E-state index contributed by atoms with van der Waals surface area (Å²) in [6.45, 7) is 7.09. The Morgan fingerprint density at radius 3 is 2.64 bits per heavy atom. The van der Waals surface area contributed by atoms with Crippen molar-refractivity contribution in [2.24, 2.45) is 5.92 Å². The van der Waals surface area contributed by atoms with Crippen LogP contribution in [0, 0.1) is 12.8 Å². The van der Waals surface area contributed by atoms with E-state index in [0.717, 1.165) is 18.4 Å². The number of carbonyl (C=O) groups excluding carboxylic acids is 1. The summed E-state index contributed by atoms with van der Waals surface area (Å²) >= 11 is 0. The monoisotopic (exact) mass is 405 g/mol. The van der Waals surface area contributed by atoms with Crippen molar-refractivity contribution >= 4 is 15.9 Å². The predicted octanol–water partition coefficient (Wildman–Crippen LogP) is 2.90. The fourth-order valence-corrected chi connectivity index (χ4v) is 4.66. The summed E-state index contributed by atoms with van der Waals surface area (Å²) in [6, 6.07) is 6.88. The van der Waals surface area contributed by atoms with Crippen LogP contribution in [0.4, 0.5) is 0 Å². The van der Waals surface area contributed by atoms with E-state index in [1.54, 1.807) is 30.0 Å². The number of piperidine rings is 1. The summed E-state index contributed by atoms with van der Waals surface area (Å²) in [7, 11) is -3.70.